The minimum absolute atomic E-state index is 0.202. The van der Waals surface area contributed by atoms with Gasteiger partial charge in [-0.15, -0.1) is 11.3 Å². The van der Waals surface area contributed by atoms with Crippen LogP contribution in [0.5, 0.6) is 5.75 Å². The summed E-state index contributed by atoms with van der Waals surface area (Å²) >= 11 is 1.06. The Labute approximate surface area is 174 Å². The van der Waals surface area contributed by atoms with E-state index in [1.807, 2.05) is 31.2 Å². The molecule has 156 valence electrons. The molecule has 0 saturated carbocycles. The number of hydrogen-bond donors (Lipinski definition) is 2. The summed E-state index contributed by atoms with van der Waals surface area (Å²) in [5.41, 5.74) is 1.86. The van der Waals surface area contributed by atoms with Gasteiger partial charge in [0.15, 0.2) is 0 Å². The topological polar surface area (TPSA) is 93.7 Å². The van der Waals surface area contributed by atoms with Crippen LogP contribution in [0.15, 0.2) is 24.3 Å². The van der Waals surface area contributed by atoms with E-state index in [1.165, 1.54) is 7.05 Å². The number of thiophene rings is 1. The fourth-order valence-electron chi connectivity index (χ4n) is 2.63. The average molecular weight is 419 g/mol. The van der Waals surface area contributed by atoms with Crippen LogP contribution >= 0.6 is 11.3 Å². The summed E-state index contributed by atoms with van der Waals surface area (Å²) < 4.78 is 10.7. The number of amides is 2. The first-order chi connectivity index (χ1) is 13.9. The number of ether oxygens (including phenoxy) is 2. The zero-order chi connectivity index (χ0) is 21.4. The van der Waals surface area contributed by atoms with Crippen molar-refractivity contribution in [2.24, 2.45) is 0 Å². The highest BCUT2D eigenvalue weighted by atomic mass is 32.1. The third kappa shape index (κ3) is 6.05. The number of benzene rings is 1. The molecule has 0 radical (unpaired) electrons. The molecule has 1 heterocycles. The molecule has 0 spiro atoms. The smallest absolute Gasteiger partial charge is 0.341 e. The molecule has 2 N–H and O–H groups in total. The van der Waals surface area contributed by atoms with Crippen molar-refractivity contribution < 1.29 is 23.9 Å². The van der Waals surface area contributed by atoms with Gasteiger partial charge < -0.3 is 20.1 Å². The zero-order valence-corrected chi connectivity index (χ0v) is 17.9. The number of anilines is 1. The van der Waals surface area contributed by atoms with E-state index in [4.69, 9.17) is 9.47 Å². The number of rotatable bonds is 9. The van der Waals surface area contributed by atoms with Gasteiger partial charge in [-0.2, -0.15) is 0 Å². The van der Waals surface area contributed by atoms with Gasteiger partial charge in [-0.05, 0) is 44.9 Å². The van der Waals surface area contributed by atoms with E-state index in [0.29, 0.717) is 28.5 Å². The summed E-state index contributed by atoms with van der Waals surface area (Å²) in [5, 5.41) is 5.60. The summed E-state index contributed by atoms with van der Waals surface area (Å²) in [5.74, 6) is -0.378. The molecule has 0 aliphatic rings. The van der Waals surface area contributed by atoms with Crippen molar-refractivity contribution >= 4 is 34.1 Å². The zero-order valence-electron chi connectivity index (χ0n) is 17.1. The minimum atomic E-state index is -0.561. The van der Waals surface area contributed by atoms with E-state index in [0.717, 1.165) is 22.6 Å². The predicted octanol–water partition coefficient (Wildman–Crippen LogP) is 3.70. The third-order valence-corrected chi connectivity index (χ3v) is 5.36. The summed E-state index contributed by atoms with van der Waals surface area (Å²) in [6, 6.07) is 7.69. The molecular formula is C21H26N2O5S. The fourth-order valence-corrected chi connectivity index (χ4v) is 3.78. The van der Waals surface area contributed by atoms with Crippen LogP contribution in [0.1, 0.15) is 50.9 Å². The molecular weight excluding hydrogens is 392 g/mol. The maximum atomic E-state index is 12.3. The Morgan fingerprint density at radius 2 is 1.79 bits per heavy atom. The van der Waals surface area contributed by atoms with E-state index >= 15 is 0 Å². The second-order valence-electron chi connectivity index (χ2n) is 6.37. The highest BCUT2D eigenvalue weighted by molar-refractivity contribution is 7.18. The molecule has 0 unspecified atom stereocenters. The molecule has 8 heteroatoms. The van der Waals surface area contributed by atoms with Crippen LogP contribution < -0.4 is 15.4 Å². The average Bonchev–Trinajstić information content (AvgIpc) is 3.02. The molecule has 0 aliphatic carbocycles. The molecule has 0 saturated heterocycles. The number of aryl methyl sites for hydroxylation is 1. The monoisotopic (exact) mass is 418 g/mol. The van der Waals surface area contributed by atoms with E-state index < -0.39 is 5.97 Å². The maximum absolute atomic E-state index is 12.3. The molecule has 1 aromatic heterocycles. The Morgan fingerprint density at radius 1 is 1.10 bits per heavy atom. The van der Waals surface area contributed by atoms with Crippen LogP contribution in [0.3, 0.4) is 0 Å². The lowest BCUT2D eigenvalue weighted by atomic mass is 10.1. The fraction of sp³-hybridized carbons (Fsp3) is 0.381. The molecule has 7 nitrogen and oxygen atoms in total. The van der Waals surface area contributed by atoms with Gasteiger partial charge in [-0.25, -0.2) is 4.79 Å². The summed E-state index contributed by atoms with van der Waals surface area (Å²) in [7, 11) is 1.51. The van der Waals surface area contributed by atoms with Gasteiger partial charge in [0, 0.05) is 13.5 Å². The van der Waals surface area contributed by atoms with Crippen molar-refractivity contribution in [3.05, 3.63) is 45.8 Å². The summed E-state index contributed by atoms with van der Waals surface area (Å²) in [6.07, 6.45) is 0.738. The Kier molecular flexibility index (Phi) is 8.21. The molecule has 0 bridgehead atoms. The first kappa shape index (κ1) is 22.4. The van der Waals surface area contributed by atoms with Gasteiger partial charge in [0.1, 0.15) is 10.8 Å². The van der Waals surface area contributed by atoms with Crippen molar-refractivity contribution in [1.82, 2.24) is 5.32 Å². The lowest BCUT2D eigenvalue weighted by Crippen LogP contribution is -2.18. The van der Waals surface area contributed by atoms with Gasteiger partial charge in [-0.3, -0.25) is 9.59 Å². The number of esters is 1. The first-order valence-electron chi connectivity index (χ1n) is 9.39. The van der Waals surface area contributed by atoms with Crippen molar-refractivity contribution in [1.29, 1.82) is 0 Å². The van der Waals surface area contributed by atoms with Crippen LogP contribution in [0.25, 0.3) is 0 Å². The highest BCUT2D eigenvalue weighted by Crippen LogP contribution is 2.34. The summed E-state index contributed by atoms with van der Waals surface area (Å²) in [4.78, 5) is 37.1. The van der Waals surface area contributed by atoms with Gasteiger partial charge in [-0.1, -0.05) is 17.7 Å². The van der Waals surface area contributed by atoms with E-state index in [-0.39, 0.29) is 30.4 Å². The molecule has 0 atom stereocenters. The van der Waals surface area contributed by atoms with Crippen LogP contribution in [-0.2, 0) is 9.53 Å². The molecule has 1 aromatic carbocycles. The van der Waals surface area contributed by atoms with Gasteiger partial charge in [0.2, 0.25) is 5.91 Å². The Balaban J connectivity index is 1.99. The van der Waals surface area contributed by atoms with Crippen LogP contribution in [0.2, 0.25) is 0 Å². The van der Waals surface area contributed by atoms with E-state index in [2.05, 4.69) is 10.6 Å². The molecule has 0 aliphatic heterocycles. The Hall–Kier alpha value is -2.87. The van der Waals surface area contributed by atoms with Crippen LogP contribution in [-0.4, -0.2) is 38.0 Å². The number of carbonyl (C=O) groups excluding carboxylic acids is 3. The molecule has 29 heavy (non-hydrogen) atoms. The van der Waals surface area contributed by atoms with Crippen LogP contribution in [0.4, 0.5) is 5.00 Å². The Morgan fingerprint density at radius 3 is 2.41 bits per heavy atom. The summed E-state index contributed by atoms with van der Waals surface area (Å²) in [6.45, 7) is 5.96. The third-order valence-electron chi connectivity index (χ3n) is 4.15. The number of nitrogens with one attached hydrogen (secondary N) is 2. The van der Waals surface area contributed by atoms with Gasteiger partial charge >= 0.3 is 5.97 Å². The molecule has 2 rings (SSSR count). The predicted molar refractivity (Wildman–Crippen MR) is 113 cm³/mol. The Bertz CT molecular complexity index is 874. The van der Waals surface area contributed by atoms with Gasteiger partial charge in [0.25, 0.3) is 5.91 Å². The lowest BCUT2D eigenvalue weighted by molar-refractivity contribution is -0.116. The standard InChI is InChI=1S/C21H26N2O5S/c1-5-27-21(26)17-14(3)18(19(25)22-4)29-20(17)23-16(24)7-6-12-28-15-10-8-13(2)9-11-15/h8-11H,5-7,12H2,1-4H3,(H,22,25)(H,23,24). The molecule has 2 aromatic rings. The number of hydrogen-bond acceptors (Lipinski definition) is 6. The quantitative estimate of drug-likeness (QED) is 0.478. The van der Waals surface area contributed by atoms with Gasteiger partial charge in [0.05, 0.1) is 23.7 Å². The largest absolute Gasteiger partial charge is 0.494 e. The van der Waals surface area contributed by atoms with Crippen molar-refractivity contribution in [3.63, 3.8) is 0 Å². The number of carbonyl (C=O) groups is 3. The van der Waals surface area contributed by atoms with E-state index in [9.17, 15) is 14.4 Å². The highest BCUT2D eigenvalue weighted by Gasteiger charge is 2.26. The molecule has 2 amide bonds. The second kappa shape index (κ2) is 10.6. The first-order valence-corrected chi connectivity index (χ1v) is 10.2. The van der Waals surface area contributed by atoms with Crippen LogP contribution in [0, 0.1) is 13.8 Å². The second-order valence-corrected chi connectivity index (χ2v) is 7.39. The molecule has 0 fully saturated rings. The van der Waals surface area contributed by atoms with Crippen molar-refractivity contribution in [3.8, 4) is 5.75 Å². The lowest BCUT2D eigenvalue weighted by Gasteiger charge is -2.08. The van der Waals surface area contributed by atoms with Crippen molar-refractivity contribution in [2.75, 3.05) is 25.6 Å². The maximum Gasteiger partial charge on any atom is 0.341 e. The SMILES string of the molecule is CCOC(=O)c1c(NC(=O)CCCOc2ccc(C)cc2)sc(C(=O)NC)c1C. The van der Waals surface area contributed by atoms with E-state index in [1.54, 1.807) is 13.8 Å². The van der Waals surface area contributed by atoms with Crippen molar-refractivity contribution in [2.45, 2.75) is 33.6 Å². The minimum Gasteiger partial charge on any atom is -0.494 e. The normalized spacial score (nSPS) is 10.3.